The number of hydrogen-bond acceptors (Lipinski definition) is 2. The predicted molar refractivity (Wildman–Crippen MR) is 62.5 cm³/mol. The lowest BCUT2D eigenvalue weighted by molar-refractivity contribution is -0.118. The monoisotopic (exact) mass is 206 g/mol. The van der Waals surface area contributed by atoms with Crippen LogP contribution in [-0.2, 0) is 11.2 Å². The van der Waals surface area contributed by atoms with Gasteiger partial charge in [0.25, 0.3) is 0 Å². The van der Waals surface area contributed by atoms with E-state index in [1.54, 1.807) is 0 Å². The van der Waals surface area contributed by atoms with Gasteiger partial charge in [-0.15, -0.1) is 0 Å². The maximum absolute atomic E-state index is 10.7. The second-order valence-corrected chi connectivity index (χ2v) is 3.61. The Morgan fingerprint density at radius 3 is 2.47 bits per heavy atom. The lowest BCUT2D eigenvalue weighted by atomic mass is 10.1. The zero-order valence-corrected chi connectivity index (χ0v) is 9.34. The Labute approximate surface area is 90.9 Å². The number of hydrazine groups is 1. The van der Waals surface area contributed by atoms with Gasteiger partial charge in [-0.1, -0.05) is 25.5 Å². The third kappa shape index (κ3) is 4.49. The SMILES string of the molecule is CCCCc1ccc(NNC(C)=O)cc1. The molecule has 0 unspecified atom stereocenters. The van der Waals surface area contributed by atoms with Gasteiger partial charge in [0.2, 0.25) is 5.91 Å². The minimum atomic E-state index is -0.0925. The molecule has 3 heteroatoms. The third-order valence-electron chi connectivity index (χ3n) is 2.16. The van der Waals surface area contributed by atoms with Gasteiger partial charge in [0, 0.05) is 6.92 Å². The predicted octanol–water partition coefficient (Wildman–Crippen LogP) is 2.49. The van der Waals surface area contributed by atoms with Crippen LogP contribution in [-0.4, -0.2) is 5.91 Å². The molecule has 0 radical (unpaired) electrons. The number of hydrogen-bond donors (Lipinski definition) is 2. The van der Waals surface area contributed by atoms with Gasteiger partial charge in [0.1, 0.15) is 0 Å². The van der Waals surface area contributed by atoms with E-state index in [0.717, 1.165) is 12.1 Å². The van der Waals surface area contributed by atoms with Gasteiger partial charge >= 0.3 is 0 Å². The summed E-state index contributed by atoms with van der Waals surface area (Å²) in [4.78, 5) is 10.7. The van der Waals surface area contributed by atoms with E-state index in [1.807, 2.05) is 12.1 Å². The molecule has 1 amide bonds. The zero-order valence-electron chi connectivity index (χ0n) is 9.34. The van der Waals surface area contributed by atoms with Crippen molar-refractivity contribution in [2.45, 2.75) is 33.1 Å². The first-order chi connectivity index (χ1) is 7.22. The van der Waals surface area contributed by atoms with Crippen molar-refractivity contribution in [1.82, 2.24) is 5.43 Å². The molecule has 0 heterocycles. The van der Waals surface area contributed by atoms with E-state index in [-0.39, 0.29) is 5.91 Å². The minimum Gasteiger partial charge on any atom is -0.299 e. The molecule has 0 saturated heterocycles. The summed E-state index contributed by atoms with van der Waals surface area (Å²) in [6, 6.07) is 8.11. The summed E-state index contributed by atoms with van der Waals surface area (Å²) in [7, 11) is 0. The fraction of sp³-hybridized carbons (Fsp3) is 0.417. The highest BCUT2D eigenvalue weighted by molar-refractivity contribution is 5.74. The van der Waals surface area contributed by atoms with Gasteiger partial charge in [0.15, 0.2) is 0 Å². The fourth-order valence-corrected chi connectivity index (χ4v) is 1.30. The van der Waals surface area contributed by atoms with Crippen LogP contribution in [0.4, 0.5) is 5.69 Å². The topological polar surface area (TPSA) is 41.1 Å². The van der Waals surface area contributed by atoms with Crippen molar-refractivity contribution in [1.29, 1.82) is 0 Å². The van der Waals surface area contributed by atoms with E-state index in [2.05, 4.69) is 29.9 Å². The zero-order chi connectivity index (χ0) is 11.1. The molecule has 0 spiro atoms. The number of anilines is 1. The van der Waals surface area contributed by atoms with Crippen LogP contribution in [0.3, 0.4) is 0 Å². The Hall–Kier alpha value is -1.51. The smallest absolute Gasteiger partial charge is 0.235 e. The van der Waals surface area contributed by atoms with Gasteiger partial charge in [-0.2, -0.15) is 0 Å². The minimum absolute atomic E-state index is 0.0925. The normalized spacial score (nSPS) is 9.73. The molecule has 3 nitrogen and oxygen atoms in total. The number of carbonyl (C=O) groups excluding carboxylic acids is 1. The number of nitrogens with one attached hydrogen (secondary N) is 2. The van der Waals surface area contributed by atoms with Crippen LogP contribution in [0.25, 0.3) is 0 Å². The van der Waals surface area contributed by atoms with Gasteiger partial charge in [-0.3, -0.25) is 15.6 Å². The van der Waals surface area contributed by atoms with E-state index < -0.39 is 0 Å². The van der Waals surface area contributed by atoms with Gasteiger partial charge in [-0.25, -0.2) is 0 Å². The van der Waals surface area contributed by atoms with Crippen LogP contribution in [0.2, 0.25) is 0 Å². The van der Waals surface area contributed by atoms with E-state index in [9.17, 15) is 4.79 Å². The average Bonchev–Trinajstić information content (AvgIpc) is 2.25. The highest BCUT2D eigenvalue weighted by Gasteiger charge is 1.94. The fourth-order valence-electron chi connectivity index (χ4n) is 1.30. The summed E-state index contributed by atoms with van der Waals surface area (Å²) in [5.41, 5.74) is 7.61. The van der Waals surface area contributed by atoms with Gasteiger partial charge in [0.05, 0.1) is 5.69 Å². The number of unbranched alkanes of at least 4 members (excludes halogenated alkanes) is 1. The maximum atomic E-state index is 10.7. The summed E-state index contributed by atoms with van der Waals surface area (Å²) in [6.07, 6.45) is 3.56. The van der Waals surface area contributed by atoms with E-state index >= 15 is 0 Å². The Morgan fingerprint density at radius 2 is 1.93 bits per heavy atom. The van der Waals surface area contributed by atoms with Crippen LogP contribution in [0.15, 0.2) is 24.3 Å². The molecule has 2 N–H and O–H groups in total. The first-order valence-corrected chi connectivity index (χ1v) is 5.34. The second-order valence-electron chi connectivity index (χ2n) is 3.61. The average molecular weight is 206 g/mol. The molecule has 0 saturated carbocycles. The van der Waals surface area contributed by atoms with E-state index in [1.165, 1.54) is 25.3 Å². The van der Waals surface area contributed by atoms with Crippen LogP contribution in [0, 0.1) is 0 Å². The third-order valence-corrected chi connectivity index (χ3v) is 2.16. The summed E-state index contributed by atoms with van der Waals surface area (Å²) in [5, 5.41) is 0. The Kier molecular flexibility index (Phi) is 4.68. The maximum Gasteiger partial charge on any atom is 0.235 e. The second kappa shape index (κ2) is 6.06. The molecule has 0 atom stereocenters. The number of amides is 1. The summed E-state index contributed by atoms with van der Waals surface area (Å²) in [5.74, 6) is -0.0925. The molecule has 0 bridgehead atoms. The van der Waals surface area contributed by atoms with E-state index in [0.29, 0.717) is 0 Å². The first kappa shape index (κ1) is 11.6. The molecule has 0 aliphatic carbocycles. The lowest BCUT2D eigenvalue weighted by Crippen LogP contribution is -2.26. The summed E-state index contributed by atoms with van der Waals surface area (Å²) < 4.78 is 0. The molecule has 1 rings (SSSR count). The van der Waals surface area contributed by atoms with Crippen molar-refractivity contribution in [3.8, 4) is 0 Å². The van der Waals surface area contributed by atoms with Gasteiger partial charge in [-0.05, 0) is 30.5 Å². The van der Waals surface area contributed by atoms with Crippen molar-refractivity contribution in [2.75, 3.05) is 5.43 Å². The number of aryl methyl sites for hydroxylation is 1. The van der Waals surface area contributed by atoms with Crippen LogP contribution in [0.1, 0.15) is 32.3 Å². The van der Waals surface area contributed by atoms with Crippen molar-refractivity contribution in [3.63, 3.8) is 0 Å². The Balaban J connectivity index is 2.45. The van der Waals surface area contributed by atoms with Crippen molar-refractivity contribution < 1.29 is 4.79 Å². The van der Waals surface area contributed by atoms with Gasteiger partial charge < -0.3 is 0 Å². The van der Waals surface area contributed by atoms with Crippen molar-refractivity contribution in [2.24, 2.45) is 0 Å². The Bertz CT molecular complexity index is 306. The molecular formula is C12H18N2O. The molecule has 0 fully saturated rings. The molecule has 82 valence electrons. The molecular weight excluding hydrogens is 188 g/mol. The standard InChI is InChI=1S/C12H18N2O/c1-3-4-5-11-6-8-12(9-7-11)14-13-10(2)15/h6-9,14H,3-5H2,1-2H3,(H,13,15). The quantitative estimate of drug-likeness (QED) is 0.727. The first-order valence-electron chi connectivity index (χ1n) is 5.34. The van der Waals surface area contributed by atoms with E-state index in [4.69, 9.17) is 0 Å². The molecule has 0 aliphatic rings. The highest BCUT2D eigenvalue weighted by Crippen LogP contribution is 2.10. The molecule has 1 aromatic rings. The molecule has 15 heavy (non-hydrogen) atoms. The number of benzene rings is 1. The summed E-state index contributed by atoms with van der Waals surface area (Å²) in [6.45, 7) is 3.66. The molecule has 0 aliphatic heterocycles. The lowest BCUT2D eigenvalue weighted by Gasteiger charge is -2.07. The van der Waals surface area contributed by atoms with Crippen LogP contribution >= 0.6 is 0 Å². The number of carbonyl (C=O) groups is 1. The summed E-state index contributed by atoms with van der Waals surface area (Å²) >= 11 is 0. The molecule has 1 aromatic carbocycles. The van der Waals surface area contributed by atoms with Crippen LogP contribution < -0.4 is 10.9 Å². The van der Waals surface area contributed by atoms with Crippen molar-refractivity contribution in [3.05, 3.63) is 29.8 Å². The Morgan fingerprint density at radius 1 is 1.27 bits per heavy atom. The highest BCUT2D eigenvalue weighted by atomic mass is 16.2. The molecule has 0 aromatic heterocycles. The van der Waals surface area contributed by atoms with Crippen molar-refractivity contribution >= 4 is 11.6 Å². The number of rotatable bonds is 5. The largest absolute Gasteiger partial charge is 0.299 e. The van der Waals surface area contributed by atoms with Crippen LogP contribution in [0.5, 0.6) is 0 Å².